The average molecular weight is 223 g/mol. The zero-order valence-corrected chi connectivity index (χ0v) is 9.60. The molecule has 0 saturated heterocycles. The highest BCUT2D eigenvalue weighted by Crippen LogP contribution is 2.25. The molecule has 2 heterocycles. The van der Waals surface area contributed by atoms with Crippen LogP contribution in [-0.2, 0) is 6.42 Å². The van der Waals surface area contributed by atoms with Crippen LogP contribution in [0.1, 0.15) is 10.8 Å². The Morgan fingerprint density at radius 3 is 3.00 bits per heavy atom. The summed E-state index contributed by atoms with van der Waals surface area (Å²) in [5.41, 5.74) is 1.01. The van der Waals surface area contributed by atoms with Crippen molar-refractivity contribution in [1.29, 1.82) is 0 Å². The first kappa shape index (κ1) is 10.3. The zero-order valence-electron chi connectivity index (χ0n) is 8.78. The number of aryl methyl sites for hydroxylation is 1. The fourth-order valence-corrected chi connectivity index (χ4v) is 2.07. The third kappa shape index (κ3) is 2.43. The maximum absolute atomic E-state index is 5.24. The van der Waals surface area contributed by atoms with Crippen molar-refractivity contribution in [2.45, 2.75) is 13.3 Å². The Labute approximate surface area is 92.3 Å². The van der Waals surface area contributed by atoms with Crippen molar-refractivity contribution < 1.29 is 4.42 Å². The van der Waals surface area contributed by atoms with Crippen LogP contribution in [0.25, 0.3) is 10.6 Å². The molecule has 4 nitrogen and oxygen atoms in total. The monoisotopic (exact) mass is 223 g/mol. The molecule has 2 aromatic heterocycles. The standard InChI is InChI=1S/C10H13N3OS/c1-7-5-8(6-14-7)10-13-12-9(15-10)3-4-11-2/h5-6,11H,3-4H2,1-2H3. The molecule has 0 spiro atoms. The van der Waals surface area contributed by atoms with E-state index in [4.69, 9.17) is 4.42 Å². The molecule has 0 aliphatic carbocycles. The van der Waals surface area contributed by atoms with Gasteiger partial charge in [-0.05, 0) is 20.0 Å². The van der Waals surface area contributed by atoms with Crippen molar-refractivity contribution in [2.24, 2.45) is 0 Å². The van der Waals surface area contributed by atoms with Crippen LogP contribution in [0.5, 0.6) is 0 Å². The van der Waals surface area contributed by atoms with Gasteiger partial charge in [0.15, 0.2) is 5.01 Å². The summed E-state index contributed by atoms with van der Waals surface area (Å²) in [6, 6.07) is 1.97. The largest absolute Gasteiger partial charge is 0.469 e. The molecule has 1 N–H and O–H groups in total. The lowest BCUT2D eigenvalue weighted by molar-refractivity contribution is 0.535. The van der Waals surface area contributed by atoms with Gasteiger partial charge in [-0.15, -0.1) is 10.2 Å². The molecule has 2 aromatic rings. The number of furan rings is 1. The van der Waals surface area contributed by atoms with Crippen molar-refractivity contribution in [3.05, 3.63) is 23.1 Å². The Bertz CT molecular complexity index is 435. The minimum Gasteiger partial charge on any atom is -0.469 e. The first-order valence-electron chi connectivity index (χ1n) is 4.82. The summed E-state index contributed by atoms with van der Waals surface area (Å²) in [5, 5.41) is 13.3. The van der Waals surface area contributed by atoms with Gasteiger partial charge in [-0.1, -0.05) is 11.3 Å². The molecule has 0 bridgehead atoms. The number of hydrogen-bond donors (Lipinski definition) is 1. The Balaban J connectivity index is 2.13. The molecule has 0 aromatic carbocycles. The smallest absolute Gasteiger partial charge is 0.151 e. The van der Waals surface area contributed by atoms with Gasteiger partial charge in [-0.25, -0.2) is 0 Å². The highest BCUT2D eigenvalue weighted by molar-refractivity contribution is 7.14. The summed E-state index contributed by atoms with van der Waals surface area (Å²) in [6.07, 6.45) is 2.64. The molecule has 0 atom stereocenters. The normalized spacial score (nSPS) is 10.8. The van der Waals surface area contributed by atoms with Crippen molar-refractivity contribution >= 4 is 11.3 Å². The molecule has 0 unspecified atom stereocenters. The molecule has 0 amide bonds. The van der Waals surface area contributed by atoms with E-state index >= 15 is 0 Å². The number of likely N-dealkylation sites (N-methyl/N-ethyl adjacent to an activating group) is 1. The lowest BCUT2D eigenvalue weighted by atomic mass is 10.3. The van der Waals surface area contributed by atoms with Gasteiger partial charge in [0.05, 0.1) is 5.56 Å². The van der Waals surface area contributed by atoms with E-state index in [1.165, 1.54) is 0 Å². The highest BCUT2D eigenvalue weighted by atomic mass is 32.1. The zero-order chi connectivity index (χ0) is 10.7. The summed E-state index contributed by atoms with van der Waals surface area (Å²) in [7, 11) is 1.93. The first-order chi connectivity index (χ1) is 7.29. The van der Waals surface area contributed by atoms with Crippen LogP contribution < -0.4 is 5.32 Å². The summed E-state index contributed by atoms with van der Waals surface area (Å²) in [6.45, 7) is 2.85. The number of aromatic nitrogens is 2. The Hall–Kier alpha value is -1.20. The van der Waals surface area contributed by atoms with E-state index in [9.17, 15) is 0 Å². The predicted molar refractivity (Wildman–Crippen MR) is 60.0 cm³/mol. The molecule has 5 heteroatoms. The number of nitrogens with zero attached hydrogens (tertiary/aromatic N) is 2. The fourth-order valence-electron chi connectivity index (χ4n) is 1.26. The second-order valence-electron chi connectivity index (χ2n) is 3.30. The van der Waals surface area contributed by atoms with E-state index in [1.807, 2.05) is 20.0 Å². The summed E-state index contributed by atoms with van der Waals surface area (Å²) in [4.78, 5) is 0. The SMILES string of the molecule is CNCCc1nnc(-c2coc(C)c2)s1. The molecule has 80 valence electrons. The average Bonchev–Trinajstić information content (AvgIpc) is 2.83. The van der Waals surface area contributed by atoms with Gasteiger partial charge in [0.2, 0.25) is 0 Å². The van der Waals surface area contributed by atoms with Gasteiger partial charge in [-0.3, -0.25) is 0 Å². The summed E-state index contributed by atoms with van der Waals surface area (Å²) >= 11 is 1.62. The van der Waals surface area contributed by atoms with E-state index in [2.05, 4.69) is 15.5 Å². The maximum Gasteiger partial charge on any atom is 0.151 e. The minimum atomic E-state index is 0.900. The van der Waals surface area contributed by atoms with Gasteiger partial charge >= 0.3 is 0 Å². The van der Waals surface area contributed by atoms with Gasteiger partial charge < -0.3 is 9.73 Å². The fraction of sp³-hybridized carbons (Fsp3) is 0.400. The lowest BCUT2D eigenvalue weighted by Crippen LogP contribution is -2.09. The molecule has 0 saturated carbocycles. The summed E-state index contributed by atoms with van der Waals surface area (Å²) < 4.78 is 5.24. The van der Waals surface area contributed by atoms with Gasteiger partial charge in [0.25, 0.3) is 0 Å². The Morgan fingerprint density at radius 1 is 1.47 bits per heavy atom. The van der Waals surface area contributed by atoms with Crippen LogP contribution in [0.15, 0.2) is 16.7 Å². The van der Waals surface area contributed by atoms with Crippen molar-refractivity contribution in [2.75, 3.05) is 13.6 Å². The number of hydrogen-bond acceptors (Lipinski definition) is 5. The van der Waals surface area contributed by atoms with E-state index in [0.29, 0.717) is 0 Å². The second-order valence-corrected chi connectivity index (χ2v) is 4.36. The molecular weight excluding hydrogens is 210 g/mol. The van der Waals surface area contributed by atoms with E-state index in [1.54, 1.807) is 17.6 Å². The molecule has 2 rings (SSSR count). The topological polar surface area (TPSA) is 51.0 Å². The molecule has 0 aliphatic heterocycles. The summed E-state index contributed by atoms with van der Waals surface area (Å²) in [5.74, 6) is 0.900. The number of rotatable bonds is 4. The van der Waals surface area contributed by atoms with Gasteiger partial charge in [-0.2, -0.15) is 0 Å². The van der Waals surface area contributed by atoms with Gasteiger partial charge in [0, 0.05) is 13.0 Å². The van der Waals surface area contributed by atoms with Crippen LogP contribution in [-0.4, -0.2) is 23.8 Å². The maximum atomic E-state index is 5.24. The highest BCUT2D eigenvalue weighted by Gasteiger charge is 2.08. The molecule has 15 heavy (non-hydrogen) atoms. The van der Waals surface area contributed by atoms with E-state index in [0.717, 1.165) is 34.3 Å². The van der Waals surface area contributed by atoms with Gasteiger partial charge in [0.1, 0.15) is 17.0 Å². The van der Waals surface area contributed by atoms with Crippen LogP contribution >= 0.6 is 11.3 Å². The third-order valence-electron chi connectivity index (χ3n) is 2.03. The van der Waals surface area contributed by atoms with Crippen molar-refractivity contribution in [3.8, 4) is 10.6 Å². The third-order valence-corrected chi connectivity index (χ3v) is 3.07. The predicted octanol–water partition coefficient (Wildman–Crippen LogP) is 1.87. The first-order valence-corrected chi connectivity index (χ1v) is 5.63. The lowest BCUT2D eigenvalue weighted by Gasteiger charge is -1.91. The van der Waals surface area contributed by atoms with E-state index < -0.39 is 0 Å². The molecular formula is C10H13N3OS. The molecule has 0 aliphatic rings. The van der Waals surface area contributed by atoms with Crippen LogP contribution in [0, 0.1) is 6.92 Å². The van der Waals surface area contributed by atoms with Crippen molar-refractivity contribution in [1.82, 2.24) is 15.5 Å². The Morgan fingerprint density at radius 2 is 2.33 bits per heavy atom. The van der Waals surface area contributed by atoms with Crippen LogP contribution in [0.2, 0.25) is 0 Å². The minimum absolute atomic E-state index is 0.900. The second kappa shape index (κ2) is 4.55. The molecule has 0 fully saturated rings. The van der Waals surface area contributed by atoms with Crippen LogP contribution in [0.4, 0.5) is 0 Å². The van der Waals surface area contributed by atoms with Crippen LogP contribution in [0.3, 0.4) is 0 Å². The number of nitrogens with one attached hydrogen (secondary N) is 1. The molecule has 0 radical (unpaired) electrons. The van der Waals surface area contributed by atoms with E-state index in [-0.39, 0.29) is 0 Å². The quantitative estimate of drug-likeness (QED) is 0.859. The Kier molecular flexibility index (Phi) is 3.13. The van der Waals surface area contributed by atoms with Crippen molar-refractivity contribution in [3.63, 3.8) is 0 Å².